The first-order valence-electron chi connectivity index (χ1n) is 9.51. The molecule has 29 heavy (non-hydrogen) atoms. The topological polar surface area (TPSA) is 45.7 Å². The molecule has 0 aliphatic heterocycles. The number of nitrogens with zero attached hydrogens (tertiary/aromatic N) is 1. The summed E-state index contributed by atoms with van der Waals surface area (Å²) in [7, 11) is 1.79. The van der Waals surface area contributed by atoms with Crippen LogP contribution in [0.4, 0.5) is 0 Å². The smallest absolute Gasteiger partial charge is 0.191 e. The van der Waals surface area contributed by atoms with Crippen LogP contribution in [0.3, 0.4) is 0 Å². The first-order chi connectivity index (χ1) is 13.8. The zero-order valence-electron chi connectivity index (χ0n) is 16.7. The highest BCUT2D eigenvalue weighted by atomic mass is 127. The predicted octanol–water partition coefficient (Wildman–Crippen LogP) is 4.89. The highest BCUT2D eigenvalue weighted by Crippen LogP contribution is 2.09. The Kier molecular flexibility index (Phi) is 10.2. The number of rotatable bonds is 8. The van der Waals surface area contributed by atoms with Crippen LogP contribution in [-0.4, -0.2) is 13.0 Å². The van der Waals surface area contributed by atoms with Gasteiger partial charge in [-0.15, -0.1) is 24.0 Å². The minimum absolute atomic E-state index is 0. The van der Waals surface area contributed by atoms with Crippen LogP contribution in [0.1, 0.15) is 22.3 Å². The van der Waals surface area contributed by atoms with Gasteiger partial charge in [0.25, 0.3) is 0 Å². The summed E-state index contributed by atoms with van der Waals surface area (Å²) in [6.45, 7) is 2.68. The second kappa shape index (κ2) is 13.0. The van der Waals surface area contributed by atoms with E-state index in [-0.39, 0.29) is 24.0 Å². The molecule has 0 radical (unpaired) electrons. The molecule has 0 aliphatic rings. The van der Waals surface area contributed by atoms with Crippen LogP contribution < -0.4 is 10.6 Å². The zero-order chi connectivity index (χ0) is 19.4. The maximum Gasteiger partial charge on any atom is 0.191 e. The van der Waals surface area contributed by atoms with E-state index in [1.807, 2.05) is 36.4 Å². The van der Waals surface area contributed by atoms with Crippen LogP contribution in [0.5, 0.6) is 0 Å². The molecule has 0 spiro atoms. The Morgan fingerprint density at radius 2 is 1.21 bits per heavy atom. The lowest BCUT2D eigenvalue weighted by molar-refractivity contribution is 0.107. The molecule has 0 aliphatic carbocycles. The van der Waals surface area contributed by atoms with E-state index >= 15 is 0 Å². The summed E-state index contributed by atoms with van der Waals surface area (Å²) in [5.74, 6) is 0.787. The van der Waals surface area contributed by atoms with Gasteiger partial charge in [-0.2, -0.15) is 0 Å². The molecule has 0 fully saturated rings. The molecule has 0 amide bonds. The van der Waals surface area contributed by atoms with Crippen molar-refractivity contribution < 1.29 is 4.74 Å². The number of aliphatic imine (C=N–C) groups is 1. The third-order valence-electron chi connectivity index (χ3n) is 4.36. The Labute approximate surface area is 190 Å². The molecule has 0 atom stereocenters. The summed E-state index contributed by atoms with van der Waals surface area (Å²) in [6.07, 6.45) is 0. The second-order valence-electron chi connectivity index (χ2n) is 6.56. The van der Waals surface area contributed by atoms with E-state index in [2.05, 4.69) is 64.2 Å². The maximum absolute atomic E-state index is 5.84. The molecular weight excluding hydrogens is 473 g/mol. The van der Waals surface area contributed by atoms with Gasteiger partial charge in [-0.1, -0.05) is 84.9 Å². The molecule has 5 heteroatoms. The number of halogens is 1. The maximum atomic E-state index is 5.84. The van der Waals surface area contributed by atoms with Crippen molar-refractivity contribution in [2.75, 3.05) is 7.05 Å². The van der Waals surface area contributed by atoms with Gasteiger partial charge in [0.1, 0.15) is 0 Å². The van der Waals surface area contributed by atoms with Crippen molar-refractivity contribution in [1.29, 1.82) is 0 Å². The SMILES string of the molecule is CN=C(NCc1ccccc1)NCc1cccc(COCc2ccccc2)c1.I. The monoisotopic (exact) mass is 501 g/mol. The van der Waals surface area contributed by atoms with Gasteiger partial charge in [-0.25, -0.2) is 0 Å². The van der Waals surface area contributed by atoms with E-state index in [0.29, 0.717) is 19.8 Å². The molecular formula is C24H28IN3O. The first-order valence-corrected chi connectivity index (χ1v) is 9.51. The molecule has 0 heterocycles. The molecule has 0 bridgehead atoms. The van der Waals surface area contributed by atoms with Crippen molar-refractivity contribution in [3.8, 4) is 0 Å². The Morgan fingerprint density at radius 3 is 1.86 bits per heavy atom. The Morgan fingerprint density at radius 1 is 0.690 bits per heavy atom. The number of hydrogen-bond acceptors (Lipinski definition) is 2. The predicted molar refractivity (Wildman–Crippen MR) is 130 cm³/mol. The summed E-state index contributed by atoms with van der Waals surface area (Å²) in [4.78, 5) is 4.29. The van der Waals surface area contributed by atoms with Gasteiger partial charge in [0.15, 0.2) is 5.96 Å². The van der Waals surface area contributed by atoms with E-state index in [1.54, 1.807) is 7.05 Å². The Hall–Kier alpha value is -2.38. The number of nitrogens with one attached hydrogen (secondary N) is 2. The van der Waals surface area contributed by atoms with E-state index in [1.165, 1.54) is 22.3 Å². The van der Waals surface area contributed by atoms with Gasteiger partial charge < -0.3 is 15.4 Å². The van der Waals surface area contributed by atoms with Crippen molar-refractivity contribution in [3.63, 3.8) is 0 Å². The van der Waals surface area contributed by atoms with Gasteiger partial charge >= 0.3 is 0 Å². The molecule has 0 saturated carbocycles. The van der Waals surface area contributed by atoms with Gasteiger partial charge in [-0.3, -0.25) is 4.99 Å². The van der Waals surface area contributed by atoms with Gasteiger partial charge in [0.05, 0.1) is 13.2 Å². The fraction of sp³-hybridized carbons (Fsp3) is 0.208. The lowest BCUT2D eigenvalue weighted by Gasteiger charge is -2.13. The highest BCUT2D eigenvalue weighted by molar-refractivity contribution is 14.0. The molecule has 0 unspecified atom stereocenters. The van der Waals surface area contributed by atoms with Crippen molar-refractivity contribution in [3.05, 3.63) is 107 Å². The lowest BCUT2D eigenvalue weighted by Crippen LogP contribution is -2.36. The van der Waals surface area contributed by atoms with Crippen molar-refractivity contribution in [2.45, 2.75) is 26.3 Å². The Bertz CT molecular complexity index is 870. The fourth-order valence-electron chi connectivity index (χ4n) is 2.88. The van der Waals surface area contributed by atoms with Crippen LogP contribution in [0, 0.1) is 0 Å². The van der Waals surface area contributed by atoms with Crippen molar-refractivity contribution in [1.82, 2.24) is 10.6 Å². The standard InChI is InChI=1S/C24H27N3O.HI/c1-25-24(26-16-20-9-4-2-5-10-20)27-17-22-13-8-14-23(15-22)19-28-18-21-11-6-3-7-12-21;/h2-15H,16-19H2,1H3,(H2,25,26,27);1H. The van der Waals surface area contributed by atoms with Crippen LogP contribution in [0.2, 0.25) is 0 Å². The molecule has 0 aromatic heterocycles. The van der Waals surface area contributed by atoms with Crippen LogP contribution >= 0.6 is 24.0 Å². The number of guanidine groups is 1. The largest absolute Gasteiger partial charge is 0.372 e. The minimum atomic E-state index is 0. The quantitative estimate of drug-likeness (QED) is 0.263. The molecule has 3 aromatic carbocycles. The Balaban J connectivity index is 0.00000300. The average molecular weight is 501 g/mol. The van der Waals surface area contributed by atoms with Gasteiger partial charge in [0, 0.05) is 20.1 Å². The second-order valence-corrected chi connectivity index (χ2v) is 6.56. The molecule has 3 rings (SSSR count). The van der Waals surface area contributed by atoms with E-state index < -0.39 is 0 Å². The van der Waals surface area contributed by atoms with Gasteiger partial charge in [-0.05, 0) is 22.3 Å². The van der Waals surface area contributed by atoms with Crippen molar-refractivity contribution >= 4 is 29.9 Å². The van der Waals surface area contributed by atoms with Crippen LogP contribution in [0.15, 0.2) is 89.9 Å². The molecule has 4 nitrogen and oxygen atoms in total. The summed E-state index contributed by atoms with van der Waals surface area (Å²) in [5.41, 5.74) is 4.78. The summed E-state index contributed by atoms with van der Waals surface area (Å²) in [6, 6.07) is 29.0. The third kappa shape index (κ3) is 8.25. The highest BCUT2D eigenvalue weighted by Gasteiger charge is 2.01. The number of benzene rings is 3. The van der Waals surface area contributed by atoms with Crippen LogP contribution in [-0.2, 0) is 31.0 Å². The fourth-order valence-corrected chi connectivity index (χ4v) is 2.88. The molecule has 3 aromatic rings. The lowest BCUT2D eigenvalue weighted by atomic mass is 10.1. The third-order valence-corrected chi connectivity index (χ3v) is 4.36. The van der Waals surface area contributed by atoms with Gasteiger partial charge in [0.2, 0.25) is 0 Å². The minimum Gasteiger partial charge on any atom is -0.372 e. The van der Waals surface area contributed by atoms with E-state index in [0.717, 1.165) is 12.5 Å². The molecule has 0 saturated heterocycles. The van der Waals surface area contributed by atoms with E-state index in [9.17, 15) is 0 Å². The summed E-state index contributed by atoms with van der Waals surface area (Å²) < 4.78 is 5.84. The first kappa shape index (κ1) is 22.9. The molecule has 2 N–H and O–H groups in total. The average Bonchev–Trinajstić information content (AvgIpc) is 2.76. The zero-order valence-corrected chi connectivity index (χ0v) is 19.0. The summed E-state index contributed by atoms with van der Waals surface area (Å²) >= 11 is 0. The number of hydrogen-bond donors (Lipinski definition) is 2. The van der Waals surface area contributed by atoms with E-state index in [4.69, 9.17) is 4.74 Å². The molecule has 152 valence electrons. The summed E-state index contributed by atoms with van der Waals surface area (Å²) in [5, 5.41) is 6.70. The normalized spacial score (nSPS) is 10.9. The van der Waals surface area contributed by atoms with Crippen LogP contribution in [0.25, 0.3) is 0 Å². The van der Waals surface area contributed by atoms with Crippen molar-refractivity contribution in [2.24, 2.45) is 4.99 Å². The number of ether oxygens (including phenoxy) is 1.